The van der Waals surface area contributed by atoms with Crippen LogP contribution in [0.2, 0.25) is 5.02 Å². The van der Waals surface area contributed by atoms with Gasteiger partial charge in [0.25, 0.3) is 5.91 Å². The predicted octanol–water partition coefficient (Wildman–Crippen LogP) is 4.09. The number of hydrogen-bond acceptors (Lipinski definition) is 7. The van der Waals surface area contributed by atoms with Gasteiger partial charge in [0.05, 0.1) is 10.7 Å². The van der Waals surface area contributed by atoms with E-state index in [9.17, 15) is 14.4 Å². The van der Waals surface area contributed by atoms with Crippen molar-refractivity contribution in [3.63, 3.8) is 0 Å². The molecule has 0 aromatic heterocycles. The molecule has 4 aliphatic rings. The number of hydrogen-bond donors (Lipinski definition) is 2. The van der Waals surface area contributed by atoms with Crippen molar-refractivity contribution in [1.82, 2.24) is 24.5 Å². The molecule has 2 aromatic rings. The Morgan fingerprint density at radius 2 is 1.71 bits per heavy atom. The van der Waals surface area contributed by atoms with Crippen LogP contribution in [-0.2, 0) is 22.5 Å². The molecule has 4 heterocycles. The van der Waals surface area contributed by atoms with Gasteiger partial charge in [-0.15, -0.1) is 6.42 Å². The Bertz CT molecular complexity index is 1550. The Morgan fingerprint density at radius 1 is 1.00 bits per heavy atom. The molecule has 256 valence electrons. The SMILES string of the molecule is C#Cc1cc(C[C@@H](OC(=O)N2CCC(N3Cc4ccccc4NC3=O)CC2)C(=O)N2CCC(N3CCCN(C)CC3)CC2)cc(Cl)c1N. The first kappa shape index (κ1) is 33.9. The van der Waals surface area contributed by atoms with E-state index in [0.717, 1.165) is 56.7 Å². The second-order valence-corrected chi connectivity index (χ2v) is 13.8. The van der Waals surface area contributed by atoms with Gasteiger partial charge in [-0.3, -0.25) is 9.69 Å². The Hall–Kier alpha value is -3.98. The number of urea groups is 1. The maximum atomic E-state index is 14.1. The summed E-state index contributed by atoms with van der Waals surface area (Å²) in [5.41, 5.74) is 9.38. The minimum atomic E-state index is -1.05. The highest BCUT2D eigenvalue weighted by Crippen LogP contribution is 2.29. The maximum Gasteiger partial charge on any atom is 0.410 e. The molecule has 0 aliphatic carbocycles. The van der Waals surface area contributed by atoms with E-state index in [1.165, 1.54) is 0 Å². The molecule has 4 amide bonds. The highest BCUT2D eigenvalue weighted by Gasteiger charge is 2.37. The van der Waals surface area contributed by atoms with Crippen LogP contribution in [0, 0.1) is 12.3 Å². The number of nitrogen functional groups attached to an aromatic ring is 1. The van der Waals surface area contributed by atoms with Crippen molar-refractivity contribution in [2.24, 2.45) is 0 Å². The number of benzene rings is 2. The molecule has 0 saturated carbocycles. The lowest BCUT2D eigenvalue weighted by Crippen LogP contribution is -2.53. The van der Waals surface area contributed by atoms with Gasteiger partial charge in [-0.2, -0.15) is 0 Å². The number of carbonyl (C=O) groups excluding carboxylic acids is 3. The number of nitrogens with two attached hydrogens (primary N) is 1. The summed E-state index contributed by atoms with van der Waals surface area (Å²) in [6.07, 6.45) is 8.35. The van der Waals surface area contributed by atoms with Crippen molar-refractivity contribution in [1.29, 1.82) is 0 Å². The normalized spacial score (nSPS) is 20.8. The molecule has 3 N–H and O–H groups in total. The molecule has 0 bridgehead atoms. The second-order valence-electron chi connectivity index (χ2n) is 13.4. The summed E-state index contributed by atoms with van der Waals surface area (Å²) >= 11 is 6.39. The zero-order valence-electron chi connectivity index (χ0n) is 27.7. The van der Waals surface area contributed by atoms with E-state index >= 15 is 0 Å². The zero-order valence-corrected chi connectivity index (χ0v) is 28.5. The predicted molar refractivity (Wildman–Crippen MR) is 187 cm³/mol. The van der Waals surface area contributed by atoms with Gasteiger partial charge in [-0.1, -0.05) is 35.7 Å². The standard InChI is InChI=1S/C36H46ClN7O4/c1-3-26-21-25(22-30(37)33(26)38)23-32(34(45)42-15-9-28(10-16-42)41-14-6-13-40(2)19-20-41)48-36(47)43-17-11-29(12-18-43)44-24-27-7-4-5-8-31(27)39-35(44)46/h1,4-5,7-8,21-22,28-29,32H,6,9-20,23-24,38H2,2H3,(H,39,46)/t32-/m1/s1. The number of rotatable bonds is 6. The number of piperidine rings is 2. The number of nitrogens with one attached hydrogen (secondary N) is 1. The smallest absolute Gasteiger partial charge is 0.410 e. The molecular weight excluding hydrogens is 630 g/mol. The first-order chi connectivity index (χ1) is 23.2. The van der Waals surface area contributed by atoms with Gasteiger partial charge >= 0.3 is 12.1 Å². The molecule has 6 rings (SSSR count). The number of halogens is 1. The summed E-state index contributed by atoms with van der Waals surface area (Å²) in [6, 6.07) is 11.5. The molecule has 1 atom stereocenters. The van der Waals surface area contributed by atoms with Crippen molar-refractivity contribution in [2.45, 2.75) is 63.3 Å². The fourth-order valence-corrected chi connectivity index (χ4v) is 7.71. The number of carbonyl (C=O) groups is 3. The van der Waals surface area contributed by atoms with E-state index in [-0.39, 0.29) is 24.4 Å². The lowest BCUT2D eigenvalue weighted by Gasteiger charge is -2.41. The average Bonchev–Trinajstić information content (AvgIpc) is 3.33. The minimum Gasteiger partial charge on any atom is -0.436 e. The van der Waals surface area contributed by atoms with Crippen LogP contribution in [-0.4, -0.2) is 120 Å². The number of para-hydroxylation sites is 1. The van der Waals surface area contributed by atoms with Gasteiger partial charge < -0.3 is 35.4 Å². The molecular formula is C36H46ClN7O4. The Balaban J connectivity index is 1.10. The summed E-state index contributed by atoms with van der Waals surface area (Å²) in [7, 11) is 2.17. The fraction of sp³-hybridized carbons (Fsp3) is 0.528. The first-order valence-electron chi connectivity index (χ1n) is 17.1. The average molecular weight is 676 g/mol. The van der Waals surface area contributed by atoms with Crippen LogP contribution in [0.25, 0.3) is 0 Å². The summed E-state index contributed by atoms with van der Waals surface area (Å²) < 4.78 is 6.03. The number of anilines is 2. The van der Waals surface area contributed by atoms with E-state index in [0.29, 0.717) is 73.4 Å². The van der Waals surface area contributed by atoms with Crippen molar-refractivity contribution >= 4 is 41.0 Å². The third-order valence-corrected chi connectivity index (χ3v) is 10.7. The highest BCUT2D eigenvalue weighted by atomic mass is 35.5. The number of likely N-dealkylation sites (tertiary alicyclic amines) is 2. The number of fused-ring (bicyclic) bond motifs is 1. The third-order valence-electron chi connectivity index (χ3n) is 10.4. The number of nitrogens with zero attached hydrogens (tertiary/aromatic N) is 5. The lowest BCUT2D eigenvalue weighted by atomic mass is 9.99. The largest absolute Gasteiger partial charge is 0.436 e. The van der Waals surface area contributed by atoms with E-state index in [2.05, 4.69) is 28.1 Å². The van der Waals surface area contributed by atoms with Crippen LogP contribution in [0.5, 0.6) is 0 Å². The van der Waals surface area contributed by atoms with Crippen molar-refractivity contribution in [3.05, 3.63) is 58.1 Å². The number of ether oxygens (including phenoxy) is 1. The second kappa shape index (κ2) is 15.1. The summed E-state index contributed by atoms with van der Waals surface area (Å²) in [6.45, 7) is 6.85. The molecule has 12 heteroatoms. The van der Waals surface area contributed by atoms with E-state index in [1.807, 2.05) is 34.1 Å². The van der Waals surface area contributed by atoms with Gasteiger partial charge in [-0.05, 0) is 81.6 Å². The number of likely N-dealkylation sites (N-methyl/N-ethyl adjacent to an activating group) is 1. The molecule has 11 nitrogen and oxygen atoms in total. The van der Waals surface area contributed by atoms with Crippen LogP contribution in [0.15, 0.2) is 36.4 Å². The summed E-state index contributed by atoms with van der Waals surface area (Å²) in [5.74, 6) is 2.34. The van der Waals surface area contributed by atoms with Crippen LogP contribution in [0.3, 0.4) is 0 Å². The van der Waals surface area contributed by atoms with E-state index in [1.54, 1.807) is 17.0 Å². The van der Waals surface area contributed by atoms with E-state index in [4.69, 9.17) is 28.5 Å². The van der Waals surface area contributed by atoms with Crippen LogP contribution < -0.4 is 11.1 Å². The van der Waals surface area contributed by atoms with Crippen LogP contribution in [0.4, 0.5) is 21.0 Å². The summed E-state index contributed by atoms with van der Waals surface area (Å²) in [5, 5.41) is 3.28. The zero-order chi connectivity index (χ0) is 33.8. The Labute approximate surface area is 288 Å². The fourth-order valence-electron chi connectivity index (χ4n) is 7.47. The van der Waals surface area contributed by atoms with Gasteiger partial charge in [0.15, 0.2) is 6.10 Å². The molecule has 0 spiro atoms. The van der Waals surface area contributed by atoms with Crippen molar-refractivity contribution in [2.75, 3.05) is 70.5 Å². The first-order valence-corrected chi connectivity index (χ1v) is 17.4. The number of amides is 4. The molecule has 0 unspecified atom stereocenters. The molecule has 3 fully saturated rings. The van der Waals surface area contributed by atoms with Crippen LogP contribution in [0.1, 0.15) is 48.8 Å². The number of terminal acetylenes is 1. The molecule has 2 aromatic carbocycles. The molecule has 3 saturated heterocycles. The van der Waals surface area contributed by atoms with Crippen molar-refractivity contribution in [3.8, 4) is 12.3 Å². The quantitative estimate of drug-likeness (QED) is 0.350. The van der Waals surface area contributed by atoms with Gasteiger partial charge in [0.2, 0.25) is 0 Å². The molecule has 0 radical (unpaired) electrons. The van der Waals surface area contributed by atoms with Crippen LogP contribution >= 0.6 is 11.6 Å². The maximum absolute atomic E-state index is 14.1. The molecule has 4 aliphatic heterocycles. The highest BCUT2D eigenvalue weighted by molar-refractivity contribution is 6.33. The lowest BCUT2D eigenvalue weighted by molar-refractivity contribution is -0.142. The van der Waals surface area contributed by atoms with Crippen molar-refractivity contribution < 1.29 is 19.1 Å². The Kier molecular flexibility index (Phi) is 10.6. The minimum absolute atomic E-state index is 0.00941. The monoisotopic (exact) mass is 675 g/mol. The summed E-state index contributed by atoms with van der Waals surface area (Å²) in [4.78, 5) is 50.8. The Morgan fingerprint density at radius 3 is 2.46 bits per heavy atom. The van der Waals surface area contributed by atoms with E-state index < -0.39 is 12.2 Å². The van der Waals surface area contributed by atoms with Gasteiger partial charge in [0, 0.05) is 75.6 Å². The molecule has 48 heavy (non-hydrogen) atoms. The van der Waals surface area contributed by atoms with Gasteiger partial charge in [-0.25, -0.2) is 9.59 Å². The van der Waals surface area contributed by atoms with Gasteiger partial charge in [0.1, 0.15) is 0 Å². The third kappa shape index (κ3) is 7.67. The topological polar surface area (TPSA) is 115 Å².